The molecule has 0 aliphatic carbocycles. The number of piperidine rings is 1. The number of anilines is 1. The largest absolute Gasteiger partial charge is 0.383 e. The molecule has 1 saturated heterocycles. The first-order valence-electron chi connectivity index (χ1n) is 7.78. The third-order valence-corrected chi connectivity index (χ3v) is 3.84. The molecule has 1 heterocycles. The standard InChI is InChI=1S/C16H21F2N3O3/c1-24-8-7-21-6-2-3-12(10-21)19-15(22)16(23)20-14-9-11(17)4-5-13(14)18/h4-5,9,12H,2-3,6-8,10H2,1H3,(H,19,22)(H,20,23)/t12-/m0/s1. The zero-order valence-electron chi connectivity index (χ0n) is 13.5. The summed E-state index contributed by atoms with van der Waals surface area (Å²) in [7, 11) is 1.62. The van der Waals surface area contributed by atoms with Gasteiger partial charge in [0.15, 0.2) is 0 Å². The molecule has 2 amide bonds. The predicted octanol–water partition coefficient (Wildman–Crippen LogP) is 1.13. The number of hydrogen-bond acceptors (Lipinski definition) is 4. The normalized spacial score (nSPS) is 18.2. The van der Waals surface area contributed by atoms with Crippen LogP contribution in [0.25, 0.3) is 0 Å². The minimum absolute atomic E-state index is 0.161. The van der Waals surface area contributed by atoms with E-state index in [1.54, 1.807) is 7.11 Å². The van der Waals surface area contributed by atoms with E-state index in [0.717, 1.165) is 44.1 Å². The van der Waals surface area contributed by atoms with E-state index in [-0.39, 0.29) is 11.7 Å². The molecule has 2 rings (SSSR count). The Bertz CT molecular complexity index is 598. The quantitative estimate of drug-likeness (QED) is 0.788. The molecule has 0 aromatic heterocycles. The molecule has 1 aromatic carbocycles. The highest BCUT2D eigenvalue weighted by Gasteiger charge is 2.24. The van der Waals surface area contributed by atoms with Crippen LogP contribution in [0.3, 0.4) is 0 Å². The highest BCUT2D eigenvalue weighted by molar-refractivity contribution is 6.39. The van der Waals surface area contributed by atoms with Crippen molar-refractivity contribution >= 4 is 17.5 Å². The monoisotopic (exact) mass is 341 g/mol. The zero-order valence-corrected chi connectivity index (χ0v) is 13.5. The minimum Gasteiger partial charge on any atom is -0.383 e. The number of ether oxygens (including phenoxy) is 1. The summed E-state index contributed by atoms with van der Waals surface area (Å²) in [6.45, 7) is 2.89. The molecule has 0 unspecified atom stereocenters. The van der Waals surface area contributed by atoms with Crippen LogP contribution in [0.4, 0.5) is 14.5 Å². The van der Waals surface area contributed by atoms with Crippen LogP contribution in [-0.2, 0) is 14.3 Å². The van der Waals surface area contributed by atoms with Crippen molar-refractivity contribution in [3.63, 3.8) is 0 Å². The molecule has 0 spiro atoms. The fourth-order valence-corrected chi connectivity index (χ4v) is 2.62. The van der Waals surface area contributed by atoms with Gasteiger partial charge >= 0.3 is 11.8 Å². The number of likely N-dealkylation sites (tertiary alicyclic amines) is 1. The number of carbonyl (C=O) groups excluding carboxylic acids is 2. The number of hydrogen-bond donors (Lipinski definition) is 2. The van der Waals surface area contributed by atoms with E-state index in [1.807, 2.05) is 0 Å². The van der Waals surface area contributed by atoms with Crippen LogP contribution in [0.5, 0.6) is 0 Å². The van der Waals surface area contributed by atoms with Crippen LogP contribution in [0.1, 0.15) is 12.8 Å². The number of halogens is 2. The number of nitrogens with zero attached hydrogens (tertiary/aromatic N) is 1. The summed E-state index contributed by atoms with van der Waals surface area (Å²) in [5.41, 5.74) is -0.361. The molecule has 132 valence electrons. The Labute approximate surface area is 139 Å². The van der Waals surface area contributed by atoms with Gasteiger partial charge in [0.05, 0.1) is 12.3 Å². The number of carbonyl (C=O) groups is 2. The Morgan fingerprint density at radius 3 is 2.88 bits per heavy atom. The molecule has 8 heteroatoms. The van der Waals surface area contributed by atoms with Crippen LogP contribution in [-0.4, -0.2) is 56.1 Å². The molecule has 1 aromatic rings. The van der Waals surface area contributed by atoms with Crippen LogP contribution in [0.15, 0.2) is 18.2 Å². The summed E-state index contributed by atoms with van der Waals surface area (Å²) in [5, 5.41) is 4.72. The third-order valence-electron chi connectivity index (χ3n) is 3.84. The molecule has 1 aliphatic heterocycles. The second-order valence-electron chi connectivity index (χ2n) is 5.68. The molecular weight excluding hydrogens is 320 g/mol. The van der Waals surface area contributed by atoms with Gasteiger partial charge in [0, 0.05) is 32.3 Å². The van der Waals surface area contributed by atoms with Crippen molar-refractivity contribution in [2.45, 2.75) is 18.9 Å². The van der Waals surface area contributed by atoms with E-state index >= 15 is 0 Å². The fraction of sp³-hybridized carbons (Fsp3) is 0.500. The van der Waals surface area contributed by atoms with Crippen molar-refractivity contribution in [1.82, 2.24) is 10.2 Å². The van der Waals surface area contributed by atoms with Gasteiger partial charge in [0.25, 0.3) is 0 Å². The molecule has 2 N–H and O–H groups in total. The molecule has 6 nitrogen and oxygen atoms in total. The Hall–Kier alpha value is -2.06. The van der Waals surface area contributed by atoms with Crippen molar-refractivity contribution in [1.29, 1.82) is 0 Å². The lowest BCUT2D eigenvalue weighted by molar-refractivity contribution is -0.136. The van der Waals surface area contributed by atoms with Gasteiger partial charge in [0.1, 0.15) is 11.6 Å². The summed E-state index contributed by atoms with van der Waals surface area (Å²) in [4.78, 5) is 25.9. The van der Waals surface area contributed by atoms with E-state index in [9.17, 15) is 18.4 Å². The lowest BCUT2D eigenvalue weighted by Crippen LogP contribution is -2.50. The van der Waals surface area contributed by atoms with E-state index < -0.39 is 23.4 Å². The van der Waals surface area contributed by atoms with Gasteiger partial charge in [0.2, 0.25) is 0 Å². The highest BCUT2D eigenvalue weighted by Crippen LogP contribution is 2.15. The first-order valence-corrected chi connectivity index (χ1v) is 7.78. The Balaban J connectivity index is 1.87. The van der Waals surface area contributed by atoms with Gasteiger partial charge in [-0.25, -0.2) is 8.78 Å². The van der Waals surface area contributed by atoms with Crippen LogP contribution in [0, 0.1) is 11.6 Å². The number of rotatable bonds is 5. The van der Waals surface area contributed by atoms with E-state index in [2.05, 4.69) is 15.5 Å². The maximum absolute atomic E-state index is 13.5. The third kappa shape index (κ3) is 5.24. The van der Waals surface area contributed by atoms with Gasteiger partial charge in [-0.15, -0.1) is 0 Å². The Morgan fingerprint density at radius 2 is 2.12 bits per heavy atom. The number of methoxy groups -OCH3 is 1. The maximum atomic E-state index is 13.5. The van der Waals surface area contributed by atoms with Crippen LogP contribution < -0.4 is 10.6 Å². The van der Waals surface area contributed by atoms with Crippen molar-refractivity contribution in [2.75, 3.05) is 38.7 Å². The number of benzene rings is 1. The smallest absolute Gasteiger partial charge is 0.313 e. The van der Waals surface area contributed by atoms with Gasteiger partial charge in [-0.3, -0.25) is 14.5 Å². The number of nitrogens with one attached hydrogen (secondary N) is 2. The molecule has 0 saturated carbocycles. The summed E-state index contributed by atoms with van der Waals surface area (Å²) < 4.78 is 31.6. The summed E-state index contributed by atoms with van der Waals surface area (Å²) in [5.74, 6) is -3.39. The average molecular weight is 341 g/mol. The van der Waals surface area contributed by atoms with Crippen LogP contribution >= 0.6 is 0 Å². The van der Waals surface area contributed by atoms with Gasteiger partial charge in [-0.1, -0.05) is 0 Å². The van der Waals surface area contributed by atoms with E-state index in [1.165, 1.54) is 0 Å². The topological polar surface area (TPSA) is 70.7 Å². The van der Waals surface area contributed by atoms with Gasteiger partial charge < -0.3 is 15.4 Å². The van der Waals surface area contributed by atoms with Crippen molar-refractivity contribution < 1.29 is 23.1 Å². The summed E-state index contributed by atoms with van der Waals surface area (Å²) in [6.07, 6.45) is 1.66. The van der Waals surface area contributed by atoms with Crippen molar-refractivity contribution in [2.24, 2.45) is 0 Å². The highest BCUT2D eigenvalue weighted by atomic mass is 19.1. The summed E-state index contributed by atoms with van der Waals surface area (Å²) >= 11 is 0. The maximum Gasteiger partial charge on any atom is 0.313 e. The molecule has 1 aliphatic rings. The molecule has 0 bridgehead atoms. The van der Waals surface area contributed by atoms with E-state index in [0.29, 0.717) is 13.2 Å². The van der Waals surface area contributed by atoms with Gasteiger partial charge in [-0.05, 0) is 31.5 Å². The molecule has 0 radical (unpaired) electrons. The Morgan fingerprint density at radius 1 is 1.33 bits per heavy atom. The molecule has 24 heavy (non-hydrogen) atoms. The first kappa shape index (κ1) is 18.3. The van der Waals surface area contributed by atoms with Gasteiger partial charge in [-0.2, -0.15) is 0 Å². The van der Waals surface area contributed by atoms with E-state index in [4.69, 9.17) is 4.74 Å². The van der Waals surface area contributed by atoms with Crippen molar-refractivity contribution in [3.05, 3.63) is 29.8 Å². The molecule has 1 atom stereocenters. The van der Waals surface area contributed by atoms with Crippen molar-refractivity contribution in [3.8, 4) is 0 Å². The predicted molar refractivity (Wildman–Crippen MR) is 84.5 cm³/mol. The minimum atomic E-state index is -1.02. The lowest BCUT2D eigenvalue weighted by atomic mass is 10.1. The first-order chi connectivity index (χ1) is 11.5. The summed E-state index contributed by atoms with van der Waals surface area (Å²) in [6, 6.07) is 2.48. The number of amides is 2. The molecular formula is C16H21F2N3O3. The molecule has 1 fully saturated rings. The second-order valence-corrected chi connectivity index (χ2v) is 5.68. The van der Waals surface area contributed by atoms with Crippen LogP contribution in [0.2, 0.25) is 0 Å². The Kier molecular flexibility index (Phi) is 6.62. The fourth-order valence-electron chi connectivity index (χ4n) is 2.62. The second kappa shape index (κ2) is 8.70. The SMILES string of the molecule is COCCN1CCC[C@H](NC(=O)C(=O)Nc2cc(F)ccc2F)C1. The zero-order chi connectivity index (χ0) is 17.5. The lowest BCUT2D eigenvalue weighted by Gasteiger charge is -2.32. The average Bonchev–Trinajstić information content (AvgIpc) is 2.56.